The van der Waals surface area contributed by atoms with Crippen molar-refractivity contribution in [2.45, 2.75) is 78.6 Å². The van der Waals surface area contributed by atoms with Gasteiger partial charge in [0.05, 0.1) is 11.8 Å². The first-order valence-electron chi connectivity index (χ1n) is 11.9. The molecule has 28 heavy (non-hydrogen) atoms. The van der Waals surface area contributed by atoms with Crippen molar-refractivity contribution < 1.29 is 4.79 Å². The normalized spacial score (nSPS) is 47.9. The molecule has 0 aliphatic heterocycles. The fraction of sp³-hybridized carbons (Fsp3) is 0.840. The topological polar surface area (TPSA) is 34.9 Å². The van der Waals surface area contributed by atoms with Gasteiger partial charge in [-0.05, 0) is 91.8 Å². The van der Waals surface area contributed by atoms with Gasteiger partial charge in [0.2, 0.25) is 0 Å². The minimum atomic E-state index is 0.208. The minimum Gasteiger partial charge on any atom is -0.294 e. The van der Waals surface area contributed by atoms with Crippen molar-refractivity contribution in [1.82, 2.24) is 9.78 Å². The number of Topliss-reactive ketones (excluding diaryl/α,β-unsaturated/α-hetero) is 1. The van der Waals surface area contributed by atoms with E-state index in [4.69, 9.17) is 0 Å². The second-order valence-electron chi connectivity index (χ2n) is 11.5. The molecule has 4 aliphatic carbocycles. The van der Waals surface area contributed by atoms with E-state index in [2.05, 4.69) is 25.9 Å². The number of hydrogen-bond donors (Lipinski definition) is 0. The molecule has 0 bridgehead atoms. The van der Waals surface area contributed by atoms with Gasteiger partial charge in [-0.1, -0.05) is 27.2 Å². The van der Waals surface area contributed by atoms with Gasteiger partial charge in [0.25, 0.3) is 0 Å². The molecule has 4 aliphatic rings. The molecule has 0 N–H and O–H groups in total. The molecule has 0 saturated heterocycles. The lowest BCUT2D eigenvalue weighted by molar-refractivity contribution is -0.114. The summed E-state index contributed by atoms with van der Waals surface area (Å²) in [7, 11) is 1.91. The smallest absolute Gasteiger partial charge is 0.169 e. The van der Waals surface area contributed by atoms with Gasteiger partial charge in [-0.25, -0.2) is 0 Å². The first-order chi connectivity index (χ1) is 13.3. The van der Waals surface area contributed by atoms with Crippen molar-refractivity contribution in [2.75, 3.05) is 0 Å². The van der Waals surface area contributed by atoms with E-state index in [0.29, 0.717) is 11.2 Å². The fourth-order valence-corrected chi connectivity index (χ4v) is 8.65. The van der Waals surface area contributed by atoms with E-state index in [9.17, 15) is 4.79 Å². The summed E-state index contributed by atoms with van der Waals surface area (Å²) in [5.41, 5.74) is 1.61. The van der Waals surface area contributed by atoms with Crippen LogP contribution in [0, 0.1) is 46.3 Å². The van der Waals surface area contributed by atoms with Crippen LogP contribution in [0.3, 0.4) is 0 Å². The Bertz CT molecular complexity index is 768. The van der Waals surface area contributed by atoms with Gasteiger partial charge in [-0.3, -0.25) is 9.48 Å². The van der Waals surface area contributed by atoms with Crippen molar-refractivity contribution in [3.8, 4) is 0 Å². The molecule has 1 aromatic heterocycles. The van der Waals surface area contributed by atoms with Crippen LogP contribution in [0.4, 0.5) is 0 Å². The second kappa shape index (κ2) is 6.44. The van der Waals surface area contributed by atoms with Gasteiger partial charge < -0.3 is 0 Å². The molecule has 1 aromatic rings. The van der Waals surface area contributed by atoms with Gasteiger partial charge in [0.1, 0.15) is 0 Å². The molecule has 0 spiro atoms. The maximum atomic E-state index is 13.4. The van der Waals surface area contributed by atoms with E-state index in [0.717, 1.165) is 41.6 Å². The molecule has 0 radical (unpaired) electrons. The summed E-state index contributed by atoms with van der Waals surface area (Å²) in [6, 6.07) is 0. The number of carbonyl (C=O) groups is 1. The largest absolute Gasteiger partial charge is 0.294 e. The van der Waals surface area contributed by atoms with Crippen LogP contribution in [0.2, 0.25) is 0 Å². The zero-order chi connectivity index (χ0) is 19.7. The average Bonchev–Trinajstić information content (AvgIpc) is 3.25. The summed E-state index contributed by atoms with van der Waals surface area (Å²) in [5, 5.41) is 4.26. The SMILES string of the molecule is CC1CCC2(C)C(CCC3C2CCC2(C)C(C(=O)c4cnn(C)c4)CCC32)C1. The summed E-state index contributed by atoms with van der Waals surface area (Å²) in [4.78, 5) is 13.4. The van der Waals surface area contributed by atoms with Crippen LogP contribution in [-0.4, -0.2) is 15.6 Å². The fourth-order valence-electron chi connectivity index (χ4n) is 8.65. The maximum Gasteiger partial charge on any atom is 0.169 e. The number of aryl methyl sites for hydroxylation is 1. The lowest BCUT2D eigenvalue weighted by atomic mass is 9.44. The lowest BCUT2D eigenvalue weighted by Gasteiger charge is -2.61. The number of aromatic nitrogens is 2. The highest BCUT2D eigenvalue weighted by molar-refractivity contribution is 5.98. The van der Waals surface area contributed by atoms with Crippen LogP contribution >= 0.6 is 0 Å². The zero-order valence-electron chi connectivity index (χ0n) is 18.3. The highest BCUT2D eigenvalue weighted by atomic mass is 16.1. The van der Waals surface area contributed by atoms with Crippen molar-refractivity contribution in [1.29, 1.82) is 0 Å². The Morgan fingerprint density at radius 3 is 2.54 bits per heavy atom. The third-order valence-electron chi connectivity index (χ3n) is 10.2. The van der Waals surface area contributed by atoms with E-state index in [1.54, 1.807) is 10.9 Å². The Hall–Kier alpha value is -1.12. The van der Waals surface area contributed by atoms with Crippen molar-refractivity contribution in [3.63, 3.8) is 0 Å². The maximum absolute atomic E-state index is 13.4. The Kier molecular flexibility index (Phi) is 4.34. The molecule has 8 unspecified atom stereocenters. The van der Waals surface area contributed by atoms with Crippen molar-refractivity contribution >= 4 is 5.78 Å². The van der Waals surface area contributed by atoms with E-state index < -0.39 is 0 Å². The Balaban J connectivity index is 1.40. The predicted octanol–water partition coefficient (Wildman–Crippen LogP) is 5.90. The average molecular weight is 383 g/mol. The molecule has 3 nitrogen and oxygen atoms in total. The van der Waals surface area contributed by atoms with Crippen LogP contribution in [0.1, 0.15) is 88.9 Å². The number of ketones is 1. The number of fused-ring (bicyclic) bond motifs is 5. The third-order valence-corrected chi connectivity index (χ3v) is 10.2. The third kappa shape index (κ3) is 2.60. The number of hydrogen-bond acceptors (Lipinski definition) is 2. The van der Waals surface area contributed by atoms with E-state index >= 15 is 0 Å². The molecule has 154 valence electrons. The van der Waals surface area contributed by atoms with Gasteiger partial charge in [-0.2, -0.15) is 5.10 Å². The lowest BCUT2D eigenvalue weighted by Crippen LogP contribution is -2.53. The van der Waals surface area contributed by atoms with Crippen LogP contribution in [0.25, 0.3) is 0 Å². The molecule has 0 amide bonds. The minimum absolute atomic E-state index is 0.208. The Morgan fingerprint density at radius 2 is 1.79 bits per heavy atom. The molecule has 1 heterocycles. The quantitative estimate of drug-likeness (QED) is 0.597. The first kappa shape index (κ1) is 18.9. The summed E-state index contributed by atoms with van der Waals surface area (Å²) in [6.45, 7) is 7.59. The van der Waals surface area contributed by atoms with Gasteiger partial charge in [0, 0.05) is 19.2 Å². The molecule has 4 saturated carbocycles. The first-order valence-corrected chi connectivity index (χ1v) is 11.9. The number of nitrogens with zero attached hydrogens (tertiary/aromatic N) is 2. The van der Waals surface area contributed by atoms with Crippen LogP contribution in [0.5, 0.6) is 0 Å². The van der Waals surface area contributed by atoms with Crippen LogP contribution in [-0.2, 0) is 7.05 Å². The van der Waals surface area contributed by atoms with Gasteiger partial charge in [-0.15, -0.1) is 0 Å². The summed E-state index contributed by atoms with van der Waals surface area (Å²) in [5.74, 6) is 4.98. The molecular weight excluding hydrogens is 344 g/mol. The standard InChI is InChI=1S/C25H38N2O/c1-16-9-11-24(2)18(13-16)5-6-19-20-7-8-22(25(20,3)12-10-21(19)24)23(28)17-14-26-27(4)15-17/h14-16,18-22H,5-13H2,1-4H3. The van der Waals surface area contributed by atoms with Crippen LogP contribution < -0.4 is 0 Å². The summed E-state index contributed by atoms with van der Waals surface area (Å²) < 4.78 is 1.77. The Labute approximate surface area is 170 Å². The van der Waals surface area contributed by atoms with Gasteiger partial charge >= 0.3 is 0 Å². The van der Waals surface area contributed by atoms with Crippen LogP contribution in [0.15, 0.2) is 12.4 Å². The monoisotopic (exact) mass is 382 g/mol. The molecular formula is C25H38N2O. The van der Waals surface area contributed by atoms with E-state index in [1.165, 1.54) is 51.4 Å². The summed E-state index contributed by atoms with van der Waals surface area (Å²) in [6.07, 6.45) is 15.9. The molecule has 5 rings (SSSR count). The van der Waals surface area contributed by atoms with Crippen molar-refractivity contribution in [2.24, 2.45) is 53.4 Å². The van der Waals surface area contributed by atoms with E-state index in [1.807, 2.05) is 13.2 Å². The number of carbonyl (C=O) groups excluding carboxylic acids is 1. The zero-order valence-corrected chi connectivity index (χ0v) is 18.3. The molecule has 4 fully saturated rings. The van der Waals surface area contributed by atoms with E-state index in [-0.39, 0.29) is 11.3 Å². The second-order valence-corrected chi connectivity index (χ2v) is 11.5. The van der Waals surface area contributed by atoms with Crippen molar-refractivity contribution in [3.05, 3.63) is 18.0 Å². The number of rotatable bonds is 2. The van der Waals surface area contributed by atoms with Gasteiger partial charge in [0.15, 0.2) is 5.78 Å². The Morgan fingerprint density at radius 1 is 1.04 bits per heavy atom. The predicted molar refractivity (Wildman–Crippen MR) is 112 cm³/mol. The molecule has 3 heteroatoms. The highest BCUT2D eigenvalue weighted by Crippen LogP contribution is 2.67. The molecule has 8 atom stereocenters. The highest BCUT2D eigenvalue weighted by Gasteiger charge is 2.61. The summed E-state index contributed by atoms with van der Waals surface area (Å²) >= 11 is 0. The molecule has 0 aromatic carbocycles.